The zero-order valence-electron chi connectivity index (χ0n) is 11.9. The number of rotatable bonds is 1. The molecule has 3 rings (SSSR count). The van der Waals surface area contributed by atoms with Crippen LogP contribution >= 0.6 is 11.8 Å². The number of nitrogen functional groups attached to an aromatic ring is 1. The number of benzene rings is 1. The van der Waals surface area contributed by atoms with Gasteiger partial charge in [0.25, 0.3) is 0 Å². The van der Waals surface area contributed by atoms with Gasteiger partial charge in [0.05, 0.1) is 12.7 Å². The van der Waals surface area contributed by atoms with Gasteiger partial charge in [-0.2, -0.15) is 0 Å². The van der Waals surface area contributed by atoms with Crippen LogP contribution in [0.5, 0.6) is 0 Å². The molecule has 0 spiro atoms. The van der Waals surface area contributed by atoms with E-state index in [1.807, 2.05) is 6.92 Å². The Labute approximate surface area is 130 Å². The largest absolute Gasteiger partial charge is 0.465 e. The first-order valence-corrected chi connectivity index (χ1v) is 7.80. The maximum Gasteiger partial charge on any atom is 0.410 e. The van der Waals surface area contributed by atoms with Gasteiger partial charge < -0.3 is 15.6 Å². The molecule has 0 aromatic heterocycles. The van der Waals surface area contributed by atoms with E-state index < -0.39 is 17.4 Å². The number of anilines is 1. The molecular formula is C14H16FN3O3S. The average Bonchev–Trinajstić information content (AvgIpc) is 2.79. The van der Waals surface area contributed by atoms with E-state index in [2.05, 4.69) is 10.3 Å². The van der Waals surface area contributed by atoms with Gasteiger partial charge in [0.1, 0.15) is 11.4 Å². The van der Waals surface area contributed by atoms with Gasteiger partial charge in [0, 0.05) is 22.9 Å². The Balaban J connectivity index is 2.12. The second-order valence-electron chi connectivity index (χ2n) is 5.44. The summed E-state index contributed by atoms with van der Waals surface area (Å²) in [7, 11) is 0. The molecule has 2 heterocycles. The molecule has 1 saturated heterocycles. The lowest BCUT2D eigenvalue weighted by Crippen LogP contribution is -2.43. The lowest BCUT2D eigenvalue weighted by molar-refractivity contribution is 0.107. The van der Waals surface area contributed by atoms with Crippen LogP contribution in [0.2, 0.25) is 0 Å². The number of amides is 1. The summed E-state index contributed by atoms with van der Waals surface area (Å²) in [4.78, 5) is 15.4. The zero-order chi connectivity index (χ0) is 15.9. The molecule has 2 aliphatic rings. The summed E-state index contributed by atoms with van der Waals surface area (Å²) < 4.78 is 20.1. The molecule has 1 amide bonds. The van der Waals surface area contributed by atoms with Gasteiger partial charge in [0.15, 0.2) is 5.17 Å². The Morgan fingerprint density at radius 3 is 3.14 bits per heavy atom. The number of fused-ring (bicyclic) bond motifs is 1. The van der Waals surface area contributed by atoms with E-state index in [0.717, 1.165) is 0 Å². The molecule has 0 aliphatic carbocycles. The second kappa shape index (κ2) is 5.44. The van der Waals surface area contributed by atoms with Gasteiger partial charge in [-0.05, 0) is 25.1 Å². The summed E-state index contributed by atoms with van der Waals surface area (Å²) in [5, 5.41) is 11.4. The Bertz CT molecular complexity index is 654. The van der Waals surface area contributed by atoms with E-state index in [9.17, 15) is 9.18 Å². The van der Waals surface area contributed by atoms with Crippen molar-refractivity contribution >= 4 is 28.7 Å². The van der Waals surface area contributed by atoms with Crippen molar-refractivity contribution in [3.05, 3.63) is 29.6 Å². The first-order chi connectivity index (χ1) is 10.4. The van der Waals surface area contributed by atoms with Crippen molar-refractivity contribution in [1.82, 2.24) is 5.32 Å². The van der Waals surface area contributed by atoms with Crippen molar-refractivity contribution in [2.24, 2.45) is 10.9 Å². The monoisotopic (exact) mass is 325 g/mol. The van der Waals surface area contributed by atoms with Crippen molar-refractivity contribution in [2.45, 2.75) is 18.6 Å². The van der Waals surface area contributed by atoms with Crippen molar-refractivity contribution in [3.8, 4) is 0 Å². The lowest BCUT2D eigenvalue weighted by atomic mass is 9.79. The third-order valence-electron chi connectivity index (χ3n) is 4.12. The highest BCUT2D eigenvalue weighted by Gasteiger charge is 2.53. The van der Waals surface area contributed by atoms with Gasteiger partial charge in [-0.15, -0.1) is 0 Å². The van der Waals surface area contributed by atoms with Crippen LogP contribution in [-0.2, 0) is 10.3 Å². The summed E-state index contributed by atoms with van der Waals surface area (Å²) >= 11 is 1.30. The third-order valence-corrected chi connectivity index (χ3v) is 5.11. The molecule has 4 N–H and O–H groups in total. The number of nitrogens with one attached hydrogen (secondary N) is 1. The molecule has 22 heavy (non-hydrogen) atoms. The summed E-state index contributed by atoms with van der Waals surface area (Å²) in [5.74, 6) is 0.129. The average molecular weight is 325 g/mol. The fourth-order valence-electron chi connectivity index (χ4n) is 3.01. The number of ether oxygens (including phenoxy) is 1. The predicted molar refractivity (Wildman–Crippen MR) is 82.4 cm³/mol. The number of nitrogens with two attached hydrogens (primary N) is 1. The molecule has 0 saturated carbocycles. The van der Waals surface area contributed by atoms with E-state index in [4.69, 9.17) is 15.6 Å². The van der Waals surface area contributed by atoms with Crippen molar-refractivity contribution in [1.29, 1.82) is 0 Å². The summed E-state index contributed by atoms with van der Waals surface area (Å²) in [6.45, 7) is 2.12. The molecule has 8 heteroatoms. The standard InChI is InChI=1S/C14H16FN3O3S/c1-7-10-5-22-12(17-13(19)20)18-14(10,6-21-7)9-4-8(16)2-3-11(9)15/h2-4,7,10H,5-6,16H2,1H3,(H,17,18)(H,19,20). The summed E-state index contributed by atoms with van der Waals surface area (Å²) in [6, 6.07) is 4.35. The second-order valence-corrected chi connectivity index (χ2v) is 6.45. The number of hydrogen-bond acceptors (Lipinski definition) is 5. The first kappa shape index (κ1) is 15.1. The van der Waals surface area contributed by atoms with E-state index in [-0.39, 0.29) is 23.8 Å². The van der Waals surface area contributed by atoms with E-state index in [0.29, 0.717) is 17.0 Å². The number of hydrogen-bond donors (Lipinski definition) is 3. The number of amidine groups is 1. The van der Waals surface area contributed by atoms with Crippen molar-refractivity contribution < 1.29 is 19.0 Å². The topological polar surface area (TPSA) is 96.9 Å². The molecule has 0 radical (unpaired) electrons. The SMILES string of the molecule is CC1OCC2(c3cc(N)ccc3F)N=C(NC(=O)O)SCC12. The summed E-state index contributed by atoms with van der Waals surface area (Å²) in [5.41, 5.74) is 5.64. The Morgan fingerprint density at radius 1 is 1.64 bits per heavy atom. The Morgan fingerprint density at radius 2 is 2.41 bits per heavy atom. The van der Waals surface area contributed by atoms with Gasteiger partial charge >= 0.3 is 6.09 Å². The first-order valence-electron chi connectivity index (χ1n) is 6.82. The number of carbonyl (C=O) groups is 1. The van der Waals surface area contributed by atoms with E-state index >= 15 is 0 Å². The Kier molecular flexibility index (Phi) is 3.73. The van der Waals surface area contributed by atoms with Crippen LogP contribution in [0.1, 0.15) is 12.5 Å². The molecule has 3 unspecified atom stereocenters. The number of carboxylic acid groups (broad SMARTS) is 1. The van der Waals surface area contributed by atoms with E-state index in [1.54, 1.807) is 6.07 Å². The number of halogens is 1. The highest BCUT2D eigenvalue weighted by Crippen LogP contribution is 2.48. The number of aliphatic imine (C=N–C) groups is 1. The minimum Gasteiger partial charge on any atom is -0.465 e. The van der Waals surface area contributed by atoms with Crippen LogP contribution in [-0.4, -0.2) is 34.8 Å². The van der Waals surface area contributed by atoms with Gasteiger partial charge in [-0.25, -0.2) is 14.2 Å². The molecule has 1 fully saturated rings. The minimum atomic E-state index is -1.19. The molecule has 1 aromatic rings. The maximum absolute atomic E-state index is 14.4. The van der Waals surface area contributed by atoms with Crippen LogP contribution in [0.15, 0.2) is 23.2 Å². The molecule has 3 atom stereocenters. The maximum atomic E-state index is 14.4. The van der Waals surface area contributed by atoms with Crippen molar-refractivity contribution in [3.63, 3.8) is 0 Å². The van der Waals surface area contributed by atoms with Gasteiger partial charge in [-0.1, -0.05) is 11.8 Å². The fourth-order valence-corrected chi connectivity index (χ4v) is 4.28. The van der Waals surface area contributed by atoms with Crippen LogP contribution in [0, 0.1) is 11.7 Å². The van der Waals surface area contributed by atoms with E-state index in [1.165, 1.54) is 23.9 Å². The molecule has 118 valence electrons. The number of thioether (sulfide) groups is 1. The van der Waals surface area contributed by atoms with Gasteiger partial charge in [0.2, 0.25) is 0 Å². The smallest absolute Gasteiger partial charge is 0.410 e. The lowest BCUT2D eigenvalue weighted by Gasteiger charge is -2.36. The van der Waals surface area contributed by atoms with Crippen LogP contribution in [0.25, 0.3) is 0 Å². The van der Waals surface area contributed by atoms with Crippen LogP contribution in [0.3, 0.4) is 0 Å². The molecule has 2 aliphatic heterocycles. The normalized spacial score (nSPS) is 30.5. The molecule has 1 aromatic carbocycles. The van der Waals surface area contributed by atoms with Crippen LogP contribution < -0.4 is 11.1 Å². The summed E-state index contributed by atoms with van der Waals surface area (Å²) in [6.07, 6.45) is -1.29. The zero-order valence-corrected chi connectivity index (χ0v) is 12.7. The predicted octanol–water partition coefficient (Wildman–Crippen LogP) is 2.01. The minimum absolute atomic E-state index is 0.0480. The van der Waals surface area contributed by atoms with Crippen LogP contribution in [0.4, 0.5) is 14.9 Å². The quantitative estimate of drug-likeness (QED) is 0.686. The molecular weight excluding hydrogens is 309 g/mol. The third kappa shape index (κ3) is 2.42. The Hall–Kier alpha value is -1.80. The number of nitrogens with zero attached hydrogens (tertiary/aromatic N) is 1. The molecule has 6 nitrogen and oxygen atoms in total. The molecule has 0 bridgehead atoms. The van der Waals surface area contributed by atoms with Gasteiger partial charge in [-0.3, -0.25) is 5.32 Å². The fraction of sp³-hybridized carbons (Fsp3) is 0.429. The highest BCUT2D eigenvalue weighted by molar-refractivity contribution is 8.13. The highest BCUT2D eigenvalue weighted by atomic mass is 32.2. The van der Waals surface area contributed by atoms with Crippen molar-refractivity contribution in [2.75, 3.05) is 18.1 Å².